The van der Waals surface area contributed by atoms with Gasteiger partial charge in [-0.25, -0.2) is 14.4 Å². The van der Waals surface area contributed by atoms with E-state index in [9.17, 15) is 4.39 Å². The highest BCUT2D eigenvalue weighted by atomic mass is 19.1. The van der Waals surface area contributed by atoms with Gasteiger partial charge in [-0.2, -0.15) is 5.10 Å². The van der Waals surface area contributed by atoms with Crippen molar-refractivity contribution in [1.82, 2.24) is 25.1 Å². The zero-order chi connectivity index (χ0) is 15.4. The van der Waals surface area contributed by atoms with Gasteiger partial charge in [0.1, 0.15) is 18.0 Å². The van der Waals surface area contributed by atoms with Gasteiger partial charge in [-0.05, 0) is 30.9 Å². The Bertz CT molecular complexity index is 766. The number of nitrogens with zero attached hydrogens (tertiary/aromatic N) is 4. The molecular formula is C15H15FN6. The normalized spacial score (nSPS) is 13.6. The Morgan fingerprint density at radius 2 is 2.14 bits per heavy atom. The first kappa shape index (κ1) is 14.1. The second-order valence-electron chi connectivity index (χ2n) is 4.89. The minimum Gasteiger partial charge on any atom is -0.383 e. The molecule has 0 radical (unpaired) electrons. The van der Waals surface area contributed by atoms with E-state index in [0.717, 1.165) is 36.6 Å². The Morgan fingerprint density at radius 3 is 2.91 bits per heavy atom. The number of hydrogen-bond donors (Lipinski definition) is 2. The third-order valence-corrected chi connectivity index (χ3v) is 3.37. The van der Waals surface area contributed by atoms with Gasteiger partial charge in [-0.15, -0.1) is 0 Å². The summed E-state index contributed by atoms with van der Waals surface area (Å²) in [5.41, 5.74) is 8.43. The van der Waals surface area contributed by atoms with E-state index in [2.05, 4.69) is 31.2 Å². The quantitative estimate of drug-likeness (QED) is 0.889. The molecule has 2 aromatic heterocycles. The van der Waals surface area contributed by atoms with E-state index in [1.807, 2.05) is 0 Å². The lowest BCUT2D eigenvalue weighted by atomic mass is 10.1. The maximum Gasteiger partial charge on any atom is 0.164 e. The molecule has 0 unspecified atom stereocenters. The van der Waals surface area contributed by atoms with Crippen LogP contribution in [0.2, 0.25) is 0 Å². The first-order valence-electron chi connectivity index (χ1n) is 6.94. The minimum atomic E-state index is -0.458. The molecule has 0 bridgehead atoms. The van der Waals surface area contributed by atoms with Crippen molar-refractivity contribution in [3.63, 3.8) is 0 Å². The molecule has 1 aliphatic rings. The van der Waals surface area contributed by atoms with Crippen molar-refractivity contribution >= 4 is 11.4 Å². The third kappa shape index (κ3) is 3.08. The molecule has 0 saturated carbocycles. The summed E-state index contributed by atoms with van der Waals surface area (Å²) in [6.07, 6.45) is 10.8. The predicted molar refractivity (Wildman–Crippen MR) is 81.2 cm³/mol. The van der Waals surface area contributed by atoms with Crippen molar-refractivity contribution in [2.75, 3.05) is 5.73 Å². The lowest BCUT2D eigenvalue weighted by Gasteiger charge is -2.03. The molecule has 0 amide bonds. The van der Waals surface area contributed by atoms with Crippen LogP contribution in [0.25, 0.3) is 17.0 Å². The number of hydrogen-bond acceptors (Lipinski definition) is 5. The van der Waals surface area contributed by atoms with Crippen LogP contribution in [0.15, 0.2) is 37.1 Å². The molecule has 6 nitrogen and oxygen atoms in total. The van der Waals surface area contributed by atoms with E-state index in [1.54, 1.807) is 6.20 Å². The number of halogens is 1. The Labute approximate surface area is 126 Å². The largest absolute Gasteiger partial charge is 0.383 e. The van der Waals surface area contributed by atoms with E-state index < -0.39 is 5.82 Å². The van der Waals surface area contributed by atoms with Crippen LogP contribution in [0.1, 0.15) is 24.8 Å². The topological polar surface area (TPSA) is 93.4 Å². The highest BCUT2D eigenvalue weighted by molar-refractivity contribution is 5.73. The highest BCUT2D eigenvalue weighted by Gasteiger charge is 2.11. The van der Waals surface area contributed by atoms with Gasteiger partial charge in [-0.3, -0.25) is 10.1 Å². The van der Waals surface area contributed by atoms with Crippen LogP contribution in [0.4, 0.5) is 10.2 Å². The van der Waals surface area contributed by atoms with Crippen molar-refractivity contribution in [2.45, 2.75) is 19.3 Å². The van der Waals surface area contributed by atoms with Gasteiger partial charge < -0.3 is 5.73 Å². The summed E-state index contributed by atoms with van der Waals surface area (Å²) in [7, 11) is 0. The van der Waals surface area contributed by atoms with Crippen LogP contribution in [-0.4, -0.2) is 25.1 Å². The van der Waals surface area contributed by atoms with Crippen LogP contribution in [-0.2, 0) is 0 Å². The van der Waals surface area contributed by atoms with Crippen molar-refractivity contribution in [3.05, 3.63) is 48.4 Å². The second kappa shape index (κ2) is 6.30. The number of rotatable bonds is 2. The average molecular weight is 298 g/mol. The molecule has 2 aromatic rings. The van der Waals surface area contributed by atoms with Crippen LogP contribution in [0.3, 0.4) is 0 Å². The molecule has 0 aliphatic heterocycles. The standard InChI is InChI=1S/C15H15FN6/c16-12-5-11(6-18-7-12)15-19-9-21-20-8-13(14(17)22-15)10-3-1-2-4-10/h3,5-9H,1-2,4,17H2,(H,19,21,22). The fraction of sp³-hybridized carbons (Fsp3) is 0.200. The van der Waals surface area contributed by atoms with Crippen LogP contribution in [0.5, 0.6) is 0 Å². The monoisotopic (exact) mass is 298 g/mol. The molecular weight excluding hydrogens is 283 g/mol. The lowest BCUT2D eigenvalue weighted by molar-refractivity contribution is 0.622. The van der Waals surface area contributed by atoms with Crippen LogP contribution < -0.4 is 5.73 Å². The van der Waals surface area contributed by atoms with Crippen molar-refractivity contribution < 1.29 is 4.39 Å². The van der Waals surface area contributed by atoms with Crippen LogP contribution in [0, 0.1) is 5.82 Å². The highest BCUT2D eigenvalue weighted by Crippen LogP contribution is 2.29. The molecule has 2 heterocycles. The van der Waals surface area contributed by atoms with E-state index in [0.29, 0.717) is 11.4 Å². The second-order valence-corrected chi connectivity index (χ2v) is 4.89. The number of nitrogens with two attached hydrogens (primary N) is 1. The SMILES string of the molecule is Nc1nc(-c2cncc(F)c2)nc[nH]ncc1C1=CCCC1. The van der Waals surface area contributed by atoms with Crippen molar-refractivity contribution in [3.8, 4) is 11.4 Å². The molecule has 0 fully saturated rings. The number of anilines is 1. The summed E-state index contributed by atoms with van der Waals surface area (Å²) in [5.74, 6) is 0.122. The zero-order valence-corrected chi connectivity index (χ0v) is 11.8. The van der Waals surface area contributed by atoms with Crippen molar-refractivity contribution in [2.24, 2.45) is 0 Å². The molecule has 0 saturated heterocycles. The van der Waals surface area contributed by atoms with Gasteiger partial charge in [-0.1, -0.05) is 6.08 Å². The van der Waals surface area contributed by atoms with Crippen molar-refractivity contribution in [1.29, 1.82) is 0 Å². The number of H-pyrrole nitrogens is 1. The number of nitrogen functional groups attached to an aromatic ring is 1. The lowest BCUT2D eigenvalue weighted by Crippen LogP contribution is -1.97. The van der Waals surface area contributed by atoms with E-state index in [4.69, 9.17) is 5.73 Å². The number of aromatic nitrogens is 5. The minimum absolute atomic E-state index is 0.276. The fourth-order valence-electron chi connectivity index (χ4n) is 2.33. The molecule has 0 aromatic carbocycles. The summed E-state index contributed by atoms with van der Waals surface area (Å²) < 4.78 is 13.3. The van der Waals surface area contributed by atoms with Gasteiger partial charge in [0.25, 0.3) is 0 Å². The number of allylic oxidation sites excluding steroid dienone is 2. The number of pyridine rings is 1. The third-order valence-electron chi connectivity index (χ3n) is 3.37. The van der Waals surface area contributed by atoms with Gasteiger partial charge >= 0.3 is 0 Å². The van der Waals surface area contributed by atoms with Gasteiger partial charge in [0.05, 0.1) is 12.4 Å². The average Bonchev–Trinajstić information content (AvgIpc) is 3.04. The fourth-order valence-corrected chi connectivity index (χ4v) is 2.33. The smallest absolute Gasteiger partial charge is 0.164 e. The predicted octanol–water partition coefficient (Wildman–Crippen LogP) is 2.67. The maximum atomic E-state index is 13.3. The summed E-state index contributed by atoms with van der Waals surface area (Å²) >= 11 is 0. The summed E-state index contributed by atoms with van der Waals surface area (Å²) in [6, 6.07) is 1.31. The molecule has 112 valence electrons. The zero-order valence-electron chi connectivity index (χ0n) is 11.8. The van der Waals surface area contributed by atoms with Gasteiger partial charge in [0, 0.05) is 17.3 Å². The molecule has 22 heavy (non-hydrogen) atoms. The van der Waals surface area contributed by atoms with E-state index >= 15 is 0 Å². The molecule has 3 rings (SSSR count). The Morgan fingerprint density at radius 1 is 1.23 bits per heavy atom. The first-order valence-corrected chi connectivity index (χ1v) is 6.94. The maximum absolute atomic E-state index is 13.3. The Balaban J connectivity index is 2.16. The molecule has 0 atom stereocenters. The summed E-state index contributed by atoms with van der Waals surface area (Å²) in [5, 5.41) is 6.73. The molecule has 3 N–H and O–H groups in total. The summed E-state index contributed by atoms with van der Waals surface area (Å²) in [6.45, 7) is 0. The molecule has 1 aliphatic carbocycles. The Kier molecular flexibility index (Phi) is 4.04. The molecule has 0 spiro atoms. The van der Waals surface area contributed by atoms with Gasteiger partial charge in [0.2, 0.25) is 0 Å². The molecule has 7 heteroatoms. The van der Waals surface area contributed by atoms with Crippen LogP contribution >= 0.6 is 0 Å². The summed E-state index contributed by atoms with van der Waals surface area (Å²) in [4.78, 5) is 12.3. The number of nitrogens with one attached hydrogen (secondary N) is 1. The van der Waals surface area contributed by atoms with Gasteiger partial charge in [0.15, 0.2) is 5.82 Å². The van der Waals surface area contributed by atoms with E-state index in [1.165, 1.54) is 18.6 Å². The first-order chi connectivity index (χ1) is 10.7. The number of aromatic amines is 1. The van der Waals surface area contributed by atoms with E-state index in [-0.39, 0.29) is 5.82 Å². The Hall–Kier alpha value is -2.83.